The van der Waals surface area contributed by atoms with Crippen LogP contribution in [0.15, 0.2) is 24.3 Å². The third-order valence-electron chi connectivity index (χ3n) is 3.61. The molecule has 0 fully saturated rings. The van der Waals surface area contributed by atoms with Gasteiger partial charge in [-0.05, 0) is 31.0 Å². The van der Waals surface area contributed by atoms with Crippen LogP contribution in [-0.2, 0) is 0 Å². The van der Waals surface area contributed by atoms with E-state index >= 15 is 0 Å². The molecule has 0 saturated heterocycles. The minimum Gasteiger partial charge on any atom is -0.378 e. The first-order chi connectivity index (χ1) is 8.98. The highest BCUT2D eigenvalue weighted by Crippen LogP contribution is 2.19. The van der Waals surface area contributed by atoms with E-state index in [1.807, 2.05) is 57.1 Å². The number of nitrogens with zero attached hydrogens (tertiary/aromatic N) is 1. The van der Waals surface area contributed by atoms with E-state index in [0.29, 0.717) is 11.4 Å². The number of halogens is 1. The predicted octanol–water partition coefficient (Wildman–Crippen LogP) is 3.28. The van der Waals surface area contributed by atoms with E-state index in [-0.39, 0.29) is 11.4 Å². The molecule has 1 amide bonds. The van der Waals surface area contributed by atoms with E-state index in [2.05, 4.69) is 5.32 Å². The van der Waals surface area contributed by atoms with Gasteiger partial charge in [0.2, 0.25) is 0 Å². The summed E-state index contributed by atoms with van der Waals surface area (Å²) in [7, 11) is 3.91. The van der Waals surface area contributed by atoms with Gasteiger partial charge in [0, 0.05) is 31.2 Å². The Hall–Kier alpha value is -1.22. The molecule has 0 heterocycles. The molecule has 106 valence electrons. The average molecular weight is 283 g/mol. The van der Waals surface area contributed by atoms with Crippen molar-refractivity contribution in [1.29, 1.82) is 0 Å². The Labute approximate surface area is 120 Å². The number of hydrogen-bond acceptors (Lipinski definition) is 2. The minimum atomic E-state index is -0.313. The molecule has 1 aromatic rings. The second kappa shape index (κ2) is 6.80. The first-order valence-electron chi connectivity index (χ1n) is 6.64. The second-order valence-corrected chi connectivity index (χ2v) is 5.29. The predicted molar refractivity (Wildman–Crippen MR) is 82.3 cm³/mol. The van der Waals surface area contributed by atoms with Crippen molar-refractivity contribution in [2.45, 2.75) is 32.2 Å². The summed E-state index contributed by atoms with van der Waals surface area (Å²) in [6.45, 7) is 4.09. The third kappa shape index (κ3) is 3.87. The van der Waals surface area contributed by atoms with Crippen LogP contribution in [0.4, 0.5) is 5.69 Å². The highest BCUT2D eigenvalue weighted by molar-refractivity contribution is 6.19. The summed E-state index contributed by atoms with van der Waals surface area (Å²) in [5.41, 5.74) is 1.37. The Morgan fingerprint density at radius 2 is 1.95 bits per heavy atom. The van der Waals surface area contributed by atoms with Crippen LogP contribution in [0.1, 0.15) is 37.0 Å². The Bertz CT molecular complexity index is 420. The van der Waals surface area contributed by atoms with Crippen LogP contribution in [-0.4, -0.2) is 31.4 Å². The quantitative estimate of drug-likeness (QED) is 0.812. The van der Waals surface area contributed by atoms with Crippen LogP contribution in [0, 0.1) is 0 Å². The van der Waals surface area contributed by atoms with Crippen LogP contribution >= 0.6 is 11.6 Å². The summed E-state index contributed by atoms with van der Waals surface area (Å²) >= 11 is 6.01. The van der Waals surface area contributed by atoms with Crippen molar-refractivity contribution in [3.05, 3.63) is 29.8 Å². The third-order valence-corrected chi connectivity index (χ3v) is 4.12. The van der Waals surface area contributed by atoms with Gasteiger partial charge in [-0.15, -0.1) is 11.6 Å². The number of carbonyl (C=O) groups is 1. The molecule has 0 atom stereocenters. The van der Waals surface area contributed by atoms with E-state index in [4.69, 9.17) is 11.6 Å². The van der Waals surface area contributed by atoms with Gasteiger partial charge in [0.1, 0.15) is 0 Å². The summed E-state index contributed by atoms with van der Waals surface area (Å²) in [6.07, 6.45) is 1.65. The van der Waals surface area contributed by atoms with Crippen molar-refractivity contribution in [3.63, 3.8) is 0 Å². The molecule has 0 bridgehead atoms. The molecule has 0 aliphatic rings. The van der Waals surface area contributed by atoms with Crippen molar-refractivity contribution >= 4 is 23.2 Å². The Morgan fingerprint density at radius 1 is 1.32 bits per heavy atom. The van der Waals surface area contributed by atoms with Gasteiger partial charge in [0.25, 0.3) is 5.91 Å². The largest absolute Gasteiger partial charge is 0.378 e. The van der Waals surface area contributed by atoms with Gasteiger partial charge < -0.3 is 10.2 Å². The normalized spacial score (nSPS) is 11.2. The van der Waals surface area contributed by atoms with Gasteiger partial charge in [-0.2, -0.15) is 0 Å². The molecule has 0 aliphatic heterocycles. The number of hydrogen-bond donors (Lipinski definition) is 1. The van der Waals surface area contributed by atoms with E-state index in [1.165, 1.54) is 0 Å². The zero-order valence-corrected chi connectivity index (χ0v) is 12.9. The number of nitrogens with one attached hydrogen (secondary N) is 1. The molecule has 0 spiro atoms. The molecule has 1 aromatic carbocycles. The molecule has 0 saturated carbocycles. The topological polar surface area (TPSA) is 32.3 Å². The van der Waals surface area contributed by atoms with Crippen molar-refractivity contribution < 1.29 is 4.79 Å². The minimum absolute atomic E-state index is 0.0620. The molecule has 1 rings (SSSR count). The second-order valence-electron chi connectivity index (χ2n) is 5.02. The van der Waals surface area contributed by atoms with Crippen molar-refractivity contribution in [2.24, 2.45) is 0 Å². The number of amides is 1. The number of anilines is 1. The van der Waals surface area contributed by atoms with E-state index in [1.54, 1.807) is 0 Å². The summed E-state index contributed by atoms with van der Waals surface area (Å²) in [6, 6.07) is 7.59. The Balaban J connectivity index is 2.91. The lowest BCUT2D eigenvalue weighted by molar-refractivity contribution is 0.0902. The maximum absolute atomic E-state index is 12.3. The average Bonchev–Trinajstić information content (AvgIpc) is 2.45. The lowest BCUT2D eigenvalue weighted by Crippen LogP contribution is -2.49. The van der Waals surface area contributed by atoms with E-state index in [9.17, 15) is 4.79 Å². The fraction of sp³-hybridized carbons (Fsp3) is 0.533. The highest BCUT2D eigenvalue weighted by atomic mass is 35.5. The molecular weight excluding hydrogens is 260 g/mol. The smallest absolute Gasteiger partial charge is 0.251 e. The molecule has 1 N–H and O–H groups in total. The maximum Gasteiger partial charge on any atom is 0.251 e. The molecule has 0 unspecified atom stereocenters. The van der Waals surface area contributed by atoms with Crippen LogP contribution in [0.3, 0.4) is 0 Å². The lowest BCUT2D eigenvalue weighted by Gasteiger charge is -2.30. The van der Waals surface area contributed by atoms with Gasteiger partial charge >= 0.3 is 0 Å². The molecule has 0 aliphatic carbocycles. The first-order valence-corrected chi connectivity index (χ1v) is 7.17. The van der Waals surface area contributed by atoms with Gasteiger partial charge in [0.15, 0.2) is 0 Å². The molecule has 0 radical (unpaired) electrons. The zero-order valence-electron chi connectivity index (χ0n) is 12.2. The monoisotopic (exact) mass is 282 g/mol. The molecule has 0 aromatic heterocycles. The maximum atomic E-state index is 12.3. The van der Waals surface area contributed by atoms with Crippen molar-refractivity contribution in [3.8, 4) is 0 Å². The number of carbonyl (C=O) groups excluding carboxylic acids is 1. The Morgan fingerprint density at radius 3 is 2.42 bits per heavy atom. The fourth-order valence-corrected chi connectivity index (χ4v) is 2.33. The van der Waals surface area contributed by atoms with Gasteiger partial charge in [-0.1, -0.05) is 19.9 Å². The zero-order chi connectivity index (χ0) is 14.5. The highest BCUT2D eigenvalue weighted by Gasteiger charge is 2.27. The van der Waals surface area contributed by atoms with E-state index < -0.39 is 0 Å². The summed E-state index contributed by atoms with van der Waals surface area (Å²) in [5, 5.41) is 3.07. The van der Waals surface area contributed by atoms with Crippen LogP contribution < -0.4 is 10.2 Å². The molecule has 19 heavy (non-hydrogen) atoms. The molecular formula is C15H23ClN2O. The SMILES string of the molecule is CCC(CC)(CCl)NC(=O)c1cccc(N(C)C)c1. The standard InChI is InChI=1S/C15H23ClN2O/c1-5-15(6-2,11-16)17-14(19)12-8-7-9-13(10-12)18(3)4/h7-10H,5-6,11H2,1-4H3,(H,17,19). The summed E-state index contributed by atoms with van der Waals surface area (Å²) < 4.78 is 0. The first kappa shape index (κ1) is 15.8. The van der Waals surface area contributed by atoms with Gasteiger partial charge in [-0.25, -0.2) is 0 Å². The van der Waals surface area contributed by atoms with Crippen LogP contribution in [0.5, 0.6) is 0 Å². The molecule has 3 nitrogen and oxygen atoms in total. The van der Waals surface area contributed by atoms with Crippen molar-refractivity contribution in [2.75, 3.05) is 24.9 Å². The van der Waals surface area contributed by atoms with Gasteiger partial charge in [-0.3, -0.25) is 4.79 Å². The number of benzene rings is 1. The summed E-state index contributed by atoms with van der Waals surface area (Å²) in [4.78, 5) is 14.3. The van der Waals surface area contributed by atoms with Crippen LogP contribution in [0.2, 0.25) is 0 Å². The molecule has 4 heteroatoms. The van der Waals surface area contributed by atoms with Crippen LogP contribution in [0.25, 0.3) is 0 Å². The lowest BCUT2D eigenvalue weighted by atomic mass is 9.94. The summed E-state index contributed by atoms with van der Waals surface area (Å²) in [5.74, 6) is 0.368. The van der Waals surface area contributed by atoms with E-state index in [0.717, 1.165) is 18.5 Å². The Kier molecular flexibility index (Phi) is 5.67. The number of alkyl halides is 1. The van der Waals surface area contributed by atoms with Crippen molar-refractivity contribution in [1.82, 2.24) is 5.32 Å². The number of rotatable bonds is 6. The van der Waals surface area contributed by atoms with Gasteiger partial charge in [0.05, 0.1) is 5.54 Å². The fourth-order valence-electron chi connectivity index (χ4n) is 1.89.